The van der Waals surface area contributed by atoms with Crippen LogP contribution in [0, 0.1) is 0 Å². The molecule has 2 aromatic rings. The molecule has 1 saturated heterocycles. The summed E-state index contributed by atoms with van der Waals surface area (Å²) in [5.74, 6) is 2.26. The summed E-state index contributed by atoms with van der Waals surface area (Å²) in [5, 5.41) is 8.31. The number of rotatable bonds is 5. The third-order valence-corrected chi connectivity index (χ3v) is 6.97. The molecule has 1 aliphatic carbocycles. The van der Waals surface area contributed by atoms with Crippen molar-refractivity contribution in [2.75, 3.05) is 20.2 Å². The first kappa shape index (κ1) is 16.5. The zero-order valence-corrected chi connectivity index (χ0v) is 15.0. The summed E-state index contributed by atoms with van der Waals surface area (Å²) >= 11 is 0. The summed E-state index contributed by atoms with van der Waals surface area (Å²) in [5.41, 5.74) is 0. The largest absolute Gasteiger partial charge is 0.497 e. The number of nitrogens with zero attached hydrogens (tertiary/aromatic N) is 4. The van der Waals surface area contributed by atoms with Crippen LogP contribution in [-0.4, -0.2) is 47.7 Å². The zero-order chi connectivity index (χ0) is 17.4. The minimum Gasteiger partial charge on any atom is -0.497 e. The summed E-state index contributed by atoms with van der Waals surface area (Å²) in [4.78, 5) is 0.315. The van der Waals surface area contributed by atoms with Crippen LogP contribution >= 0.6 is 0 Å². The van der Waals surface area contributed by atoms with Crippen molar-refractivity contribution in [3.63, 3.8) is 0 Å². The second-order valence-corrected chi connectivity index (χ2v) is 8.62. The van der Waals surface area contributed by atoms with Crippen molar-refractivity contribution in [1.29, 1.82) is 0 Å². The second-order valence-electron chi connectivity index (χ2n) is 6.68. The van der Waals surface area contributed by atoms with E-state index in [4.69, 9.17) is 4.74 Å². The number of methoxy groups -OCH3 is 1. The van der Waals surface area contributed by atoms with E-state index in [1.165, 1.54) is 12.8 Å². The normalized spacial score (nSPS) is 19.9. The maximum atomic E-state index is 12.8. The Morgan fingerprint density at radius 1 is 1.08 bits per heavy atom. The molecule has 1 aromatic carbocycles. The molecule has 0 radical (unpaired) electrons. The van der Waals surface area contributed by atoms with Crippen LogP contribution in [0.5, 0.6) is 5.75 Å². The van der Waals surface area contributed by atoms with Gasteiger partial charge in [0.2, 0.25) is 10.0 Å². The highest BCUT2D eigenvalue weighted by atomic mass is 32.2. The van der Waals surface area contributed by atoms with Gasteiger partial charge in [-0.15, -0.1) is 10.2 Å². The second kappa shape index (κ2) is 6.42. The molecule has 1 saturated carbocycles. The van der Waals surface area contributed by atoms with Crippen molar-refractivity contribution in [3.8, 4) is 5.75 Å². The van der Waals surface area contributed by atoms with E-state index in [1.54, 1.807) is 42.0 Å². The Hall–Kier alpha value is -1.93. The molecule has 4 rings (SSSR count). The first-order valence-electron chi connectivity index (χ1n) is 8.63. The van der Waals surface area contributed by atoms with Crippen LogP contribution in [0.3, 0.4) is 0 Å². The first-order chi connectivity index (χ1) is 12.1. The van der Waals surface area contributed by atoms with Crippen molar-refractivity contribution in [1.82, 2.24) is 19.1 Å². The van der Waals surface area contributed by atoms with E-state index < -0.39 is 10.0 Å². The van der Waals surface area contributed by atoms with Crippen LogP contribution < -0.4 is 4.74 Å². The highest BCUT2D eigenvalue weighted by Crippen LogP contribution is 2.40. The van der Waals surface area contributed by atoms with Crippen LogP contribution in [0.25, 0.3) is 0 Å². The molecule has 2 fully saturated rings. The molecule has 0 spiro atoms. The van der Waals surface area contributed by atoms with Crippen LogP contribution in [-0.2, 0) is 10.0 Å². The number of ether oxygens (including phenoxy) is 1. The molecule has 134 valence electrons. The fourth-order valence-electron chi connectivity index (χ4n) is 3.42. The van der Waals surface area contributed by atoms with E-state index in [1.807, 2.05) is 0 Å². The monoisotopic (exact) mass is 362 g/mol. The van der Waals surface area contributed by atoms with Crippen molar-refractivity contribution < 1.29 is 13.2 Å². The minimum absolute atomic E-state index is 0.285. The fourth-order valence-corrected chi connectivity index (χ4v) is 4.89. The average molecular weight is 362 g/mol. The number of hydrogen-bond donors (Lipinski definition) is 0. The van der Waals surface area contributed by atoms with Gasteiger partial charge in [-0.2, -0.15) is 4.31 Å². The van der Waals surface area contributed by atoms with E-state index in [0.717, 1.165) is 18.7 Å². The standard InChI is InChI=1S/C17H22N4O3S/c1-24-15-4-6-16(7-5-15)25(22,23)20-10-8-14(9-11-20)21-12-18-19-17(21)13-2-3-13/h4-7,12-14H,2-3,8-11H2,1H3. The third-order valence-electron chi connectivity index (χ3n) is 5.06. The van der Waals surface area contributed by atoms with Gasteiger partial charge < -0.3 is 9.30 Å². The summed E-state index contributed by atoms with van der Waals surface area (Å²) < 4.78 is 34.5. The molecule has 7 nitrogen and oxygen atoms in total. The first-order valence-corrected chi connectivity index (χ1v) is 10.1. The summed E-state index contributed by atoms with van der Waals surface area (Å²) in [6, 6.07) is 6.85. The van der Waals surface area contributed by atoms with Gasteiger partial charge in [0.1, 0.15) is 17.9 Å². The molecule has 0 atom stereocenters. The lowest BCUT2D eigenvalue weighted by atomic mass is 10.1. The average Bonchev–Trinajstić information content (AvgIpc) is 3.38. The smallest absolute Gasteiger partial charge is 0.243 e. The molecule has 25 heavy (non-hydrogen) atoms. The molecule has 0 amide bonds. The Morgan fingerprint density at radius 3 is 2.36 bits per heavy atom. The maximum Gasteiger partial charge on any atom is 0.243 e. The van der Waals surface area contributed by atoms with Crippen LogP contribution in [0.2, 0.25) is 0 Å². The van der Waals surface area contributed by atoms with Crippen molar-refractivity contribution in [3.05, 3.63) is 36.4 Å². The predicted molar refractivity (Wildman–Crippen MR) is 92.0 cm³/mol. The molecular weight excluding hydrogens is 340 g/mol. The Labute approximate surface area is 147 Å². The van der Waals surface area contributed by atoms with Gasteiger partial charge in [0.05, 0.1) is 12.0 Å². The van der Waals surface area contributed by atoms with Gasteiger partial charge in [-0.3, -0.25) is 0 Å². The molecule has 8 heteroatoms. The molecule has 0 N–H and O–H groups in total. The molecule has 1 aliphatic heterocycles. The van der Waals surface area contributed by atoms with Gasteiger partial charge in [0.25, 0.3) is 0 Å². The highest BCUT2D eigenvalue weighted by Gasteiger charge is 2.34. The van der Waals surface area contributed by atoms with E-state index in [-0.39, 0.29) is 6.04 Å². The topological polar surface area (TPSA) is 77.3 Å². The SMILES string of the molecule is COc1ccc(S(=O)(=O)N2CCC(n3cnnc3C3CC3)CC2)cc1. The summed E-state index contributed by atoms with van der Waals surface area (Å²) in [6.07, 6.45) is 5.74. The minimum atomic E-state index is -3.46. The Bertz CT molecular complexity index is 835. The molecule has 0 bridgehead atoms. The number of piperidine rings is 1. The quantitative estimate of drug-likeness (QED) is 0.815. The molecule has 1 aromatic heterocycles. The number of hydrogen-bond acceptors (Lipinski definition) is 5. The molecular formula is C17H22N4O3S. The third kappa shape index (κ3) is 3.16. The Balaban J connectivity index is 1.46. The van der Waals surface area contributed by atoms with Gasteiger partial charge in [-0.25, -0.2) is 8.42 Å². The Morgan fingerprint density at radius 2 is 1.76 bits per heavy atom. The molecule has 0 unspecified atom stereocenters. The van der Waals surface area contributed by atoms with E-state index in [9.17, 15) is 8.42 Å². The van der Waals surface area contributed by atoms with Gasteiger partial charge in [0.15, 0.2) is 0 Å². The number of benzene rings is 1. The zero-order valence-electron chi connectivity index (χ0n) is 14.2. The van der Waals surface area contributed by atoms with Gasteiger partial charge >= 0.3 is 0 Å². The highest BCUT2D eigenvalue weighted by molar-refractivity contribution is 7.89. The lowest BCUT2D eigenvalue weighted by molar-refractivity contribution is 0.270. The van der Waals surface area contributed by atoms with Gasteiger partial charge in [0, 0.05) is 25.0 Å². The van der Waals surface area contributed by atoms with Gasteiger partial charge in [-0.05, 0) is 49.9 Å². The maximum absolute atomic E-state index is 12.8. The van der Waals surface area contributed by atoms with Gasteiger partial charge in [-0.1, -0.05) is 0 Å². The van der Waals surface area contributed by atoms with E-state index in [2.05, 4.69) is 14.8 Å². The fraction of sp³-hybridized carbons (Fsp3) is 0.529. The van der Waals surface area contributed by atoms with Crippen molar-refractivity contribution >= 4 is 10.0 Å². The van der Waals surface area contributed by atoms with E-state index in [0.29, 0.717) is 29.7 Å². The number of aromatic nitrogens is 3. The Kier molecular flexibility index (Phi) is 4.24. The van der Waals surface area contributed by atoms with Crippen LogP contribution in [0.15, 0.2) is 35.5 Å². The molecule has 2 heterocycles. The summed E-state index contributed by atoms with van der Waals surface area (Å²) in [6.45, 7) is 1.03. The van der Waals surface area contributed by atoms with Crippen molar-refractivity contribution in [2.45, 2.75) is 42.5 Å². The molecule has 2 aliphatic rings. The van der Waals surface area contributed by atoms with Crippen LogP contribution in [0.4, 0.5) is 0 Å². The van der Waals surface area contributed by atoms with E-state index >= 15 is 0 Å². The lowest BCUT2D eigenvalue weighted by Gasteiger charge is -2.32. The lowest BCUT2D eigenvalue weighted by Crippen LogP contribution is -2.39. The summed E-state index contributed by atoms with van der Waals surface area (Å²) in [7, 11) is -1.89. The van der Waals surface area contributed by atoms with Crippen LogP contribution in [0.1, 0.15) is 43.5 Å². The number of sulfonamides is 1. The predicted octanol–water partition coefficient (Wildman–Crippen LogP) is 2.19. The van der Waals surface area contributed by atoms with Crippen molar-refractivity contribution in [2.24, 2.45) is 0 Å².